The Labute approximate surface area is 217 Å². The van der Waals surface area contributed by atoms with E-state index in [9.17, 15) is 0 Å². The van der Waals surface area contributed by atoms with Crippen molar-refractivity contribution in [2.45, 2.75) is 32.2 Å². The molecule has 2 nitrogen and oxygen atoms in total. The fraction of sp³-hybridized carbons (Fsp3) is 0.171. The quantitative estimate of drug-likeness (QED) is 0.261. The highest BCUT2D eigenvalue weighted by atomic mass is 15.0. The van der Waals surface area contributed by atoms with Gasteiger partial charge >= 0.3 is 0 Å². The van der Waals surface area contributed by atoms with Crippen LogP contribution in [0, 0.1) is 5.92 Å². The van der Waals surface area contributed by atoms with E-state index in [2.05, 4.69) is 122 Å². The minimum atomic E-state index is 0.105. The van der Waals surface area contributed by atoms with E-state index in [-0.39, 0.29) is 5.41 Å². The van der Waals surface area contributed by atoms with Gasteiger partial charge in [-0.1, -0.05) is 105 Å². The van der Waals surface area contributed by atoms with Crippen LogP contribution in [-0.4, -0.2) is 10.8 Å². The summed E-state index contributed by atoms with van der Waals surface area (Å²) >= 11 is 0. The maximum absolute atomic E-state index is 4.74. The number of hydrogen-bond acceptors (Lipinski definition) is 1. The summed E-state index contributed by atoms with van der Waals surface area (Å²) in [7, 11) is 0. The molecule has 0 amide bonds. The monoisotopic (exact) mass is 478 g/mol. The molecule has 1 atom stereocenters. The Morgan fingerprint density at radius 1 is 0.865 bits per heavy atom. The van der Waals surface area contributed by atoms with Crippen molar-refractivity contribution < 1.29 is 0 Å². The maximum Gasteiger partial charge on any atom is 0.0639 e. The Hall–Kier alpha value is -4.17. The van der Waals surface area contributed by atoms with Crippen molar-refractivity contribution in [2.24, 2.45) is 10.9 Å². The molecule has 0 radical (unpaired) electrons. The zero-order chi connectivity index (χ0) is 25.0. The van der Waals surface area contributed by atoms with Crippen molar-refractivity contribution in [3.63, 3.8) is 0 Å². The topological polar surface area (TPSA) is 17.3 Å². The Kier molecular flexibility index (Phi) is 5.04. The van der Waals surface area contributed by atoms with Gasteiger partial charge in [-0.2, -0.15) is 0 Å². The summed E-state index contributed by atoms with van der Waals surface area (Å²) in [6.07, 6.45) is 5.57. The number of para-hydroxylation sites is 1. The molecule has 0 bridgehead atoms. The van der Waals surface area contributed by atoms with Crippen molar-refractivity contribution in [3.8, 4) is 5.69 Å². The van der Waals surface area contributed by atoms with E-state index < -0.39 is 0 Å². The molecule has 2 aliphatic carbocycles. The molecule has 2 aliphatic rings. The second-order valence-electron chi connectivity index (χ2n) is 10.8. The average Bonchev–Trinajstić information content (AvgIpc) is 3.39. The molecule has 0 saturated heterocycles. The van der Waals surface area contributed by atoms with Crippen LogP contribution in [-0.2, 0) is 12.0 Å². The van der Waals surface area contributed by atoms with Crippen molar-refractivity contribution in [1.29, 1.82) is 0 Å². The summed E-state index contributed by atoms with van der Waals surface area (Å²) in [5.74, 6) is 0.469. The van der Waals surface area contributed by atoms with Crippen LogP contribution in [0.5, 0.6) is 0 Å². The Bertz CT molecular complexity index is 1800. The smallest absolute Gasteiger partial charge is 0.0639 e. The maximum atomic E-state index is 4.74. The van der Waals surface area contributed by atoms with Crippen LogP contribution in [0.1, 0.15) is 42.5 Å². The molecule has 5 aromatic rings. The summed E-state index contributed by atoms with van der Waals surface area (Å²) in [5.41, 5.74) is 9.27. The number of aromatic nitrogens is 1. The predicted octanol–water partition coefficient (Wildman–Crippen LogP) is 6.54. The third-order valence-corrected chi connectivity index (χ3v) is 8.34. The molecule has 4 aromatic carbocycles. The number of nitrogens with zero attached hydrogens (tertiary/aromatic N) is 2. The molecule has 0 fully saturated rings. The molecular weight excluding hydrogens is 448 g/mol. The highest BCUT2D eigenvalue weighted by Crippen LogP contribution is 2.51. The first-order valence-electron chi connectivity index (χ1n) is 13.2. The van der Waals surface area contributed by atoms with Crippen LogP contribution in [0.15, 0.2) is 108 Å². The van der Waals surface area contributed by atoms with E-state index in [1.165, 1.54) is 49.4 Å². The van der Waals surface area contributed by atoms with E-state index in [1.54, 1.807) is 0 Å². The second kappa shape index (κ2) is 8.45. The minimum absolute atomic E-state index is 0.105. The molecule has 0 aliphatic heterocycles. The van der Waals surface area contributed by atoms with Gasteiger partial charge < -0.3 is 4.57 Å². The van der Waals surface area contributed by atoms with Gasteiger partial charge in [0.2, 0.25) is 0 Å². The van der Waals surface area contributed by atoms with Crippen molar-refractivity contribution in [3.05, 3.63) is 136 Å². The van der Waals surface area contributed by atoms with Crippen LogP contribution in [0.4, 0.5) is 0 Å². The SMILES string of the molecule is CC1(C)c2ccccc2C2=c3c(c4ccccc4n3-c3cccc(/C=N/Cc4ccccc4)c3)=CCC21. The van der Waals surface area contributed by atoms with E-state index in [1.807, 2.05) is 12.3 Å². The fourth-order valence-corrected chi connectivity index (χ4v) is 6.55. The lowest BCUT2D eigenvalue weighted by Gasteiger charge is -2.29. The second-order valence-corrected chi connectivity index (χ2v) is 10.8. The van der Waals surface area contributed by atoms with Crippen molar-refractivity contribution >= 4 is 28.8 Å². The lowest BCUT2D eigenvalue weighted by molar-refractivity contribution is 0.419. The normalized spacial score (nSPS) is 17.5. The Morgan fingerprint density at radius 2 is 1.65 bits per heavy atom. The highest BCUT2D eigenvalue weighted by Gasteiger charge is 2.44. The lowest BCUT2D eigenvalue weighted by Crippen LogP contribution is -2.38. The van der Waals surface area contributed by atoms with Gasteiger partial charge in [-0.25, -0.2) is 0 Å². The summed E-state index contributed by atoms with van der Waals surface area (Å²) in [5, 5.41) is 4.06. The number of fused-ring (bicyclic) bond motifs is 6. The Balaban J connectivity index is 1.45. The molecule has 0 saturated carbocycles. The third kappa shape index (κ3) is 3.43. The Morgan fingerprint density at radius 3 is 2.54 bits per heavy atom. The van der Waals surface area contributed by atoms with Crippen LogP contribution in [0.3, 0.4) is 0 Å². The van der Waals surface area contributed by atoms with Crippen LogP contribution >= 0.6 is 0 Å². The van der Waals surface area contributed by atoms with Gasteiger partial charge in [0.1, 0.15) is 0 Å². The molecule has 1 aromatic heterocycles. The van der Waals surface area contributed by atoms with Gasteiger partial charge in [0.15, 0.2) is 0 Å². The van der Waals surface area contributed by atoms with E-state index in [0.29, 0.717) is 12.5 Å². The zero-order valence-corrected chi connectivity index (χ0v) is 21.4. The predicted molar refractivity (Wildman–Crippen MR) is 155 cm³/mol. The first-order valence-corrected chi connectivity index (χ1v) is 13.2. The molecule has 7 rings (SSSR count). The van der Waals surface area contributed by atoms with Crippen LogP contribution < -0.4 is 10.6 Å². The lowest BCUT2D eigenvalue weighted by atomic mass is 9.74. The van der Waals surface area contributed by atoms with Gasteiger partial charge in [-0.3, -0.25) is 4.99 Å². The molecule has 0 spiro atoms. The summed E-state index contributed by atoms with van der Waals surface area (Å²) < 4.78 is 2.50. The highest BCUT2D eigenvalue weighted by molar-refractivity contribution is 5.89. The third-order valence-electron chi connectivity index (χ3n) is 8.34. The van der Waals surface area contributed by atoms with Crippen LogP contribution in [0.2, 0.25) is 0 Å². The van der Waals surface area contributed by atoms with Gasteiger partial charge in [0, 0.05) is 22.5 Å². The summed E-state index contributed by atoms with van der Waals surface area (Å²) in [6.45, 7) is 5.52. The summed E-state index contributed by atoms with van der Waals surface area (Å²) in [4.78, 5) is 4.74. The molecule has 1 heterocycles. The van der Waals surface area contributed by atoms with Crippen molar-refractivity contribution in [1.82, 2.24) is 4.57 Å². The molecule has 180 valence electrons. The number of hydrogen-bond donors (Lipinski definition) is 0. The first kappa shape index (κ1) is 22.1. The average molecular weight is 479 g/mol. The molecule has 37 heavy (non-hydrogen) atoms. The molecular formula is C35H30N2. The zero-order valence-electron chi connectivity index (χ0n) is 21.4. The number of rotatable bonds is 4. The van der Waals surface area contributed by atoms with E-state index in [0.717, 1.165) is 12.0 Å². The van der Waals surface area contributed by atoms with Crippen molar-refractivity contribution in [2.75, 3.05) is 0 Å². The van der Waals surface area contributed by atoms with Gasteiger partial charge in [-0.05, 0) is 63.8 Å². The number of aliphatic imine (C=N–C) groups is 1. The van der Waals surface area contributed by atoms with Gasteiger partial charge in [0.05, 0.1) is 17.4 Å². The largest absolute Gasteiger partial charge is 0.309 e. The standard InChI is InChI=1S/C35H30N2/c1-35(2)30-17-8-6-16-29(30)33-31(35)20-19-28-27-15-7-9-18-32(27)37(34(28)33)26-14-10-13-25(21-26)23-36-22-24-11-4-3-5-12-24/h3-19,21,23,31H,20,22H2,1-2H3/b36-23+. The van der Waals surface area contributed by atoms with E-state index in [4.69, 9.17) is 4.99 Å². The number of benzene rings is 4. The molecule has 2 heteroatoms. The molecule has 1 unspecified atom stereocenters. The first-order chi connectivity index (χ1) is 18.1. The van der Waals surface area contributed by atoms with Crippen LogP contribution in [0.25, 0.3) is 28.2 Å². The minimum Gasteiger partial charge on any atom is -0.309 e. The van der Waals surface area contributed by atoms with E-state index >= 15 is 0 Å². The van der Waals surface area contributed by atoms with Gasteiger partial charge in [0.25, 0.3) is 0 Å². The van der Waals surface area contributed by atoms with Gasteiger partial charge in [-0.15, -0.1) is 0 Å². The molecule has 0 N–H and O–H groups in total. The summed E-state index contributed by atoms with van der Waals surface area (Å²) in [6, 6.07) is 37.1. The fourth-order valence-electron chi connectivity index (χ4n) is 6.55.